The summed E-state index contributed by atoms with van der Waals surface area (Å²) in [7, 11) is 1.75. The second-order valence-corrected chi connectivity index (χ2v) is 5.09. The summed E-state index contributed by atoms with van der Waals surface area (Å²) in [4.78, 5) is 26.0. The van der Waals surface area contributed by atoms with Gasteiger partial charge in [0.2, 0.25) is 0 Å². The van der Waals surface area contributed by atoms with Crippen LogP contribution in [0.25, 0.3) is 0 Å². The maximum Gasteiger partial charge on any atom is 0.319 e. The Labute approximate surface area is 109 Å². The van der Waals surface area contributed by atoms with E-state index in [4.69, 9.17) is 5.11 Å². The van der Waals surface area contributed by atoms with Crippen molar-refractivity contribution < 1.29 is 14.7 Å². The average Bonchev–Trinajstić information content (AvgIpc) is 2.76. The van der Waals surface area contributed by atoms with Crippen molar-refractivity contribution in [2.45, 2.75) is 39.0 Å². The fraction of sp³-hybridized carbons (Fsp3) is 0.846. The minimum absolute atomic E-state index is 0.0407. The van der Waals surface area contributed by atoms with Crippen LogP contribution in [0.5, 0.6) is 0 Å². The molecular formula is C13H24N2O3. The summed E-state index contributed by atoms with van der Waals surface area (Å²) in [5.41, 5.74) is 0. The van der Waals surface area contributed by atoms with Crippen molar-refractivity contribution in [2.24, 2.45) is 5.92 Å². The third-order valence-corrected chi connectivity index (χ3v) is 3.46. The lowest BCUT2D eigenvalue weighted by Gasteiger charge is -2.24. The normalized spacial score (nSPS) is 19.0. The molecule has 0 aliphatic carbocycles. The Morgan fingerprint density at radius 2 is 2.17 bits per heavy atom. The summed E-state index contributed by atoms with van der Waals surface area (Å²) in [6.45, 7) is 4.38. The largest absolute Gasteiger partial charge is 0.481 e. The highest BCUT2D eigenvalue weighted by Gasteiger charge is 2.27. The fourth-order valence-electron chi connectivity index (χ4n) is 2.45. The van der Waals surface area contributed by atoms with Gasteiger partial charge in [0.05, 0.1) is 0 Å². The Bertz CT molecular complexity index is 294. The average molecular weight is 256 g/mol. The van der Waals surface area contributed by atoms with Crippen LogP contribution in [-0.2, 0) is 4.79 Å². The zero-order valence-electron chi connectivity index (χ0n) is 11.4. The van der Waals surface area contributed by atoms with Crippen LogP contribution in [0.4, 0.5) is 4.79 Å². The molecule has 5 heteroatoms. The minimum atomic E-state index is -0.806. The second-order valence-electron chi connectivity index (χ2n) is 5.09. The van der Waals surface area contributed by atoms with Gasteiger partial charge in [0.15, 0.2) is 0 Å². The molecular weight excluding hydrogens is 232 g/mol. The number of hydrogen-bond acceptors (Lipinski definition) is 2. The van der Waals surface area contributed by atoms with Crippen LogP contribution in [-0.4, -0.2) is 53.6 Å². The van der Waals surface area contributed by atoms with Crippen LogP contribution in [0.3, 0.4) is 0 Å². The molecule has 0 spiro atoms. The predicted octanol–water partition coefficient (Wildman–Crippen LogP) is 2.03. The van der Waals surface area contributed by atoms with Crippen LogP contribution < -0.4 is 0 Å². The van der Waals surface area contributed by atoms with Gasteiger partial charge in [-0.3, -0.25) is 4.79 Å². The summed E-state index contributed by atoms with van der Waals surface area (Å²) >= 11 is 0. The zero-order valence-corrected chi connectivity index (χ0v) is 11.4. The molecule has 0 radical (unpaired) electrons. The fourth-order valence-corrected chi connectivity index (χ4v) is 2.45. The molecule has 0 saturated carbocycles. The Kier molecular flexibility index (Phi) is 5.95. The molecule has 1 unspecified atom stereocenters. The molecule has 1 saturated heterocycles. The molecule has 2 amide bonds. The number of urea groups is 1. The molecule has 104 valence electrons. The highest BCUT2D eigenvalue weighted by Crippen LogP contribution is 2.21. The first kappa shape index (κ1) is 14.8. The van der Waals surface area contributed by atoms with Gasteiger partial charge in [-0.15, -0.1) is 0 Å². The quantitative estimate of drug-likeness (QED) is 0.791. The predicted molar refractivity (Wildman–Crippen MR) is 69.5 cm³/mol. The smallest absolute Gasteiger partial charge is 0.319 e. The summed E-state index contributed by atoms with van der Waals surface area (Å²) in [5, 5.41) is 8.56. The van der Waals surface area contributed by atoms with Gasteiger partial charge in [-0.1, -0.05) is 13.3 Å². The molecule has 18 heavy (non-hydrogen) atoms. The first-order valence-electron chi connectivity index (χ1n) is 6.76. The van der Waals surface area contributed by atoms with Crippen LogP contribution in [0.1, 0.15) is 39.0 Å². The molecule has 1 fully saturated rings. The zero-order chi connectivity index (χ0) is 13.5. The third kappa shape index (κ3) is 4.55. The van der Waals surface area contributed by atoms with Gasteiger partial charge in [-0.25, -0.2) is 4.79 Å². The van der Waals surface area contributed by atoms with E-state index in [-0.39, 0.29) is 12.5 Å². The van der Waals surface area contributed by atoms with Crippen molar-refractivity contribution in [3.63, 3.8) is 0 Å². The number of nitrogens with zero attached hydrogens (tertiary/aromatic N) is 2. The van der Waals surface area contributed by atoms with E-state index in [1.807, 2.05) is 4.90 Å². The third-order valence-electron chi connectivity index (χ3n) is 3.46. The van der Waals surface area contributed by atoms with Crippen LogP contribution in [0, 0.1) is 5.92 Å². The summed E-state index contributed by atoms with van der Waals surface area (Å²) in [6.07, 6.45) is 4.09. The first-order valence-corrected chi connectivity index (χ1v) is 6.76. The molecule has 1 aliphatic heterocycles. The van der Waals surface area contributed by atoms with E-state index in [1.165, 1.54) is 12.8 Å². The monoisotopic (exact) mass is 256 g/mol. The van der Waals surface area contributed by atoms with Gasteiger partial charge in [-0.2, -0.15) is 0 Å². The van der Waals surface area contributed by atoms with E-state index in [0.29, 0.717) is 18.9 Å². The van der Waals surface area contributed by atoms with Gasteiger partial charge in [-0.05, 0) is 25.2 Å². The van der Waals surface area contributed by atoms with Crippen LogP contribution in [0.15, 0.2) is 0 Å². The van der Waals surface area contributed by atoms with Gasteiger partial charge in [0.1, 0.15) is 0 Å². The van der Waals surface area contributed by atoms with Crippen molar-refractivity contribution in [3.05, 3.63) is 0 Å². The lowest BCUT2D eigenvalue weighted by Crippen LogP contribution is -2.40. The number of rotatable bonds is 6. The number of carbonyl (C=O) groups excluding carboxylic acids is 1. The van der Waals surface area contributed by atoms with Crippen molar-refractivity contribution >= 4 is 12.0 Å². The van der Waals surface area contributed by atoms with Crippen LogP contribution in [0.2, 0.25) is 0 Å². The number of carboxylic acid groups (broad SMARTS) is 1. The molecule has 0 aromatic heterocycles. The standard InChI is InChI=1S/C13H24N2O3/c1-3-5-11-7-9-15(10-11)13(18)14(2)8-4-6-12(16)17/h11H,3-10H2,1-2H3,(H,16,17). The van der Waals surface area contributed by atoms with E-state index in [9.17, 15) is 9.59 Å². The number of carbonyl (C=O) groups is 2. The number of hydrogen-bond donors (Lipinski definition) is 1. The Balaban J connectivity index is 2.29. The molecule has 1 N–H and O–H groups in total. The van der Waals surface area contributed by atoms with E-state index in [0.717, 1.165) is 19.5 Å². The van der Waals surface area contributed by atoms with Crippen LogP contribution >= 0.6 is 0 Å². The highest BCUT2D eigenvalue weighted by atomic mass is 16.4. The molecule has 1 aliphatic rings. The molecule has 0 bridgehead atoms. The van der Waals surface area contributed by atoms with Crippen molar-refractivity contribution in [3.8, 4) is 0 Å². The van der Waals surface area contributed by atoms with Crippen molar-refractivity contribution in [2.75, 3.05) is 26.7 Å². The highest BCUT2D eigenvalue weighted by molar-refractivity contribution is 5.74. The van der Waals surface area contributed by atoms with Crippen molar-refractivity contribution in [1.82, 2.24) is 9.80 Å². The number of carboxylic acids is 1. The van der Waals surface area contributed by atoms with Gasteiger partial charge < -0.3 is 14.9 Å². The Morgan fingerprint density at radius 3 is 2.78 bits per heavy atom. The summed E-state index contributed by atoms with van der Waals surface area (Å²) < 4.78 is 0. The topological polar surface area (TPSA) is 60.9 Å². The molecule has 0 aromatic rings. The minimum Gasteiger partial charge on any atom is -0.481 e. The van der Waals surface area contributed by atoms with E-state index < -0.39 is 5.97 Å². The van der Waals surface area contributed by atoms with E-state index >= 15 is 0 Å². The van der Waals surface area contributed by atoms with Gasteiger partial charge >= 0.3 is 12.0 Å². The maximum absolute atomic E-state index is 12.1. The van der Waals surface area contributed by atoms with Crippen molar-refractivity contribution in [1.29, 1.82) is 0 Å². The molecule has 1 rings (SSSR count). The first-order chi connectivity index (χ1) is 8.54. The lowest BCUT2D eigenvalue weighted by atomic mass is 10.0. The summed E-state index contributed by atoms with van der Waals surface area (Å²) in [6, 6.07) is 0.0407. The Hall–Kier alpha value is -1.26. The maximum atomic E-state index is 12.1. The second kappa shape index (κ2) is 7.24. The van der Waals surface area contributed by atoms with Gasteiger partial charge in [0, 0.05) is 33.1 Å². The lowest BCUT2D eigenvalue weighted by molar-refractivity contribution is -0.137. The van der Waals surface area contributed by atoms with Gasteiger partial charge in [0.25, 0.3) is 0 Å². The molecule has 0 aromatic carbocycles. The molecule has 1 atom stereocenters. The summed E-state index contributed by atoms with van der Waals surface area (Å²) in [5.74, 6) is -0.161. The number of amides is 2. The van der Waals surface area contributed by atoms with E-state index in [2.05, 4.69) is 6.92 Å². The molecule has 5 nitrogen and oxygen atoms in total. The van der Waals surface area contributed by atoms with E-state index in [1.54, 1.807) is 11.9 Å². The number of aliphatic carboxylic acids is 1. The number of likely N-dealkylation sites (tertiary alicyclic amines) is 1. The SMILES string of the molecule is CCCC1CCN(C(=O)N(C)CCCC(=O)O)C1. The molecule has 1 heterocycles. The Morgan fingerprint density at radius 1 is 1.44 bits per heavy atom.